The van der Waals surface area contributed by atoms with Gasteiger partial charge in [0.25, 0.3) is 0 Å². The van der Waals surface area contributed by atoms with E-state index < -0.39 is 0 Å². The first-order valence-corrected chi connectivity index (χ1v) is 7.57. The second-order valence-corrected chi connectivity index (χ2v) is 6.59. The molecule has 1 aromatic heterocycles. The molecule has 0 N–H and O–H groups in total. The van der Waals surface area contributed by atoms with Crippen molar-refractivity contribution in [2.24, 2.45) is 11.3 Å². The van der Waals surface area contributed by atoms with Gasteiger partial charge in [-0.15, -0.1) is 0 Å². The van der Waals surface area contributed by atoms with Crippen LogP contribution in [-0.2, 0) is 0 Å². The molecule has 112 valence electrons. The average Bonchev–Trinajstić information content (AvgIpc) is 2.37. The summed E-state index contributed by atoms with van der Waals surface area (Å²) < 4.78 is 5.32. The van der Waals surface area contributed by atoms with Crippen molar-refractivity contribution in [1.82, 2.24) is 15.0 Å². The summed E-state index contributed by atoms with van der Waals surface area (Å²) in [6.45, 7) is 11.2. The van der Waals surface area contributed by atoms with Crippen molar-refractivity contribution in [3.63, 3.8) is 0 Å². The summed E-state index contributed by atoms with van der Waals surface area (Å²) in [6, 6.07) is 0.306. The van der Waals surface area contributed by atoms with Crippen LogP contribution in [0.3, 0.4) is 0 Å². The third-order valence-electron chi connectivity index (χ3n) is 3.85. The molecule has 1 aliphatic heterocycles. The largest absolute Gasteiger partial charge is 0.464 e. The number of hydrogen-bond donors (Lipinski definition) is 0. The van der Waals surface area contributed by atoms with Gasteiger partial charge in [-0.2, -0.15) is 15.0 Å². The highest BCUT2D eigenvalue weighted by molar-refractivity contribution is 6.28. The van der Waals surface area contributed by atoms with Crippen LogP contribution in [0.2, 0.25) is 5.28 Å². The van der Waals surface area contributed by atoms with Crippen LogP contribution in [0.5, 0.6) is 6.01 Å². The van der Waals surface area contributed by atoms with Crippen molar-refractivity contribution in [3.05, 3.63) is 5.28 Å². The number of piperidine rings is 1. The molecule has 6 heteroatoms. The Morgan fingerprint density at radius 3 is 2.40 bits per heavy atom. The number of hydrogen-bond acceptors (Lipinski definition) is 5. The third kappa shape index (κ3) is 3.72. The maximum atomic E-state index is 5.94. The van der Waals surface area contributed by atoms with Gasteiger partial charge >= 0.3 is 6.01 Å². The van der Waals surface area contributed by atoms with Gasteiger partial charge in [0, 0.05) is 13.1 Å². The lowest BCUT2D eigenvalue weighted by molar-refractivity contribution is 0.198. The van der Waals surface area contributed by atoms with Crippen molar-refractivity contribution in [2.45, 2.75) is 40.5 Å². The van der Waals surface area contributed by atoms with E-state index in [1.165, 1.54) is 0 Å². The van der Waals surface area contributed by atoms with Gasteiger partial charge in [-0.05, 0) is 42.7 Å². The molecule has 20 heavy (non-hydrogen) atoms. The summed E-state index contributed by atoms with van der Waals surface area (Å²) in [5, 5.41) is 0.191. The molecule has 5 nitrogen and oxygen atoms in total. The molecule has 1 aromatic rings. The highest BCUT2D eigenvalue weighted by atomic mass is 35.5. The Kier molecular flexibility index (Phi) is 4.68. The van der Waals surface area contributed by atoms with Crippen LogP contribution >= 0.6 is 11.6 Å². The summed E-state index contributed by atoms with van der Waals surface area (Å²) in [5.74, 6) is 1.36. The van der Waals surface area contributed by atoms with Gasteiger partial charge < -0.3 is 9.64 Å². The first-order chi connectivity index (χ1) is 9.40. The fraction of sp³-hybridized carbons (Fsp3) is 0.786. The zero-order chi connectivity index (χ0) is 14.8. The van der Waals surface area contributed by atoms with E-state index in [0.29, 0.717) is 24.0 Å². The second-order valence-electron chi connectivity index (χ2n) is 6.25. The SMILES string of the molecule is CCOc1nc(Cl)nc(N2CCC(C(C)(C)C)CC2)n1. The van der Waals surface area contributed by atoms with Crippen molar-refractivity contribution in [2.75, 3.05) is 24.6 Å². The van der Waals surface area contributed by atoms with Crippen molar-refractivity contribution >= 4 is 17.5 Å². The first kappa shape index (κ1) is 15.3. The lowest BCUT2D eigenvalue weighted by Crippen LogP contribution is -2.39. The minimum Gasteiger partial charge on any atom is -0.464 e. The molecule has 1 aliphatic rings. The number of rotatable bonds is 3. The summed E-state index contributed by atoms with van der Waals surface area (Å²) in [7, 11) is 0. The predicted molar refractivity (Wildman–Crippen MR) is 80.4 cm³/mol. The van der Waals surface area contributed by atoms with E-state index in [2.05, 4.69) is 40.6 Å². The van der Waals surface area contributed by atoms with E-state index in [-0.39, 0.29) is 5.28 Å². The number of ether oxygens (including phenoxy) is 1. The molecule has 0 radical (unpaired) electrons. The summed E-state index contributed by atoms with van der Waals surface area (Å²) >= 11 is 5.94. The molecule has 0 amide bonds. The van der Waals surface area contributed by atoms with E-state index >= 15 is 0 Å². The highest BCUT2D eigenvalue weighted by Crippen LogP contribution is 2.35. The molecule has 0 atom stereocenters. The Bertz CT molecular complexity index is 453. The van der Waals surface area contributed by atoms with Crippen LogP contribution in [0.1, 0.15) is 40.5 Å². The lowest BCUT2D eigenvalue weighted by atomic mass is 9.75. The summed E-state index contributed by atoms with van der Waals surface area (Å²) in [6.07, 6.45) is 2.30. The molecule has 1 saturated heterocycles. The van der Waals surface area contributed by atoms with Crippen molar-refractivity contribution in [1.29, 1.82) is 0 Å². The van der Waals surface area contributed by atoms with E-state index in [1.54, 1.807) is 0 Å². The smallest absolute Gasteiger partial charge is 0.322 e. The zero-order valence-corrected chi connectivity index (χ0v) is 13.4. The highest BCUT2D eigenvalue weighted by Gasteiger charge is 2.29. The lowest BCUT2D eigenvalue weighted by Gasteiger charge is -2.38. The van der Waals surface area contributed by atoms with E-state index in [1.807, 2.05) is 6.92 Å². The summed E-state index contributed by atoms with van der Waals surface area (Å²) in [5.41, 5.74) is 0.360. The van der Waals surface area contributed by atoms with Gasteiger partial charge in [0.05, 0.1) is 6.61 Å². The quantitative estimate of drug-likeness (QED) is 0.858. The van der Waals surface area contributed by atoms with Gasteiger partial charge in [-0.3, -0.25) is 0 Å². The number of nitrogens with zero attached hydrogens (tertiary/aromatic N) is 4. The zero-order valence-electron chi connectivity index (χ0n) is 12.7. The number of halogens is 1. The van der Waals surface area contributed by atoms with Crippen LogP contribution in [0, 0.1) is 11.3 Å². The average molecular weight is 299 g/mol. The standard InChI is InChI=1S/C14H23ClN4O/c1-5-20-13-17-11(15)16-12(18-13)19-8-6-10(7-9-19)14(2,3)4/h10H,5-9H2,1-4H3. The van der Waals surface area contributed by atoms with Crippen LogP contribution in [0.25, 0.3) is 0 Å². The Labute approximate surface area is 125 Å². The predicted octanol–water partition coefficient (Wildman–Crippen LogP) is 3.19. The fourth-order valence-corrected chi connectivity index (χ4v) is 2.75. The Hall–Kier alpha value is -1.10. The van der Waals surface area contributed by atoms with Gasteiger partial charge in [0.15, 0.2) is 0 Å². The van der Waals surface area contributed by atoms with E-state index in [9.17, 15) is 0 Å². The normalized spacial score (nSPS) is 17.4. The molecule has 0 unspecified atom stereocenters. The van der Waals surface area contributed by atoms with Gasteiger partial charge in [0.1, 0.15) is 0 Å². The van der Waals surface area contributed by atoms with Crippen LogP contribution < -0.4 is 9.64 Å². The molecule has 2 heterocycles. The number of anilines is 1. The second kappa shape index (κ2) is 6.12. The summed E-state index contributed by atoms with van der Waals surface area (Å²) in [4.78, 5) is 14.7. The monoisotopic (exact) mass is 298 g/mol. The molecular weight excluding hydrogens is 276 g/mol. The molecule has 0 saturated carbocycles. The van der Waals surface area contributed by atoms with Crippen LogP contribution in [0.4, 0.5) is 5.95 Å². The molecule has 1 fully saturated rings. The molecule has 2 rings (SSSR count). The van der Waals surface area contributed by atoms with Gasteiger partial charge in [0.2, 0.25) is 11.2 Å². The third-order valence-corrected chi connectivity index (χ3v) is 4.02. The Morgan fingerprint density at radius 2 is 1.85 bits per heavy atom. The van der Waals surface area contributed by atoms with Crippen molar-refractivity contribution in [3.8, 4) is 6.01 Å². The molecular formula is C14H23ClN4O. The van der Waals surface area contributed by atoms with Crippen LogP contribution in [-0.4, -0.2) is 34.6 Å². The minimum atomic E-state index is 0.191. The molecule has 0 aliphatic carbocycles. The van der Waals surface area contributed by atoms with Crippen LogP contribution in [0.15, 0.2) is 0 Å². The van der Waals surface area contributed by atoms with E-state index in [4.69, 9.17) is 16.3 Å². The topological polar surface area (TPSA) is 51.1 Å². The Morgan fingerprint density at radius 1 is 1.20 bits per heavy atom. The van der Waals surface area contributed by atoms with Crippen molar-refractivity contribution < 1.29 is 4.74 Å². The molecule has 0 spiro atoms. The number of aromatic nitrogens is 3. The van der Waals surface area contributed by atoms with Gasteiger partial charge in [-0.1, -0.05) is 20.8 Å². The van der Waals surface area contributed by atoms with E-state index in [0.717, 1.165) is 31.8 Å². The molecule has 0 aromatic carbocycles. The first-order valence-electron chi connectivity index (χ1n) is 7.19. The Balaban J connectivity index is 2.07. The molecule has 0 bridgehead atoms. The van der Waals surface area contributed by atoms with Gasteiger partial charge in [-0.25, -0.2) is 0 Å². The minimum absolute atomic E-state index is 0.191. The fourth-order valence-electron chi connectivity index (χ4n) is 2.60. The maximum absolute atomic E-state index is 5.94. The maximum Gasteiger partial charge on any atom is 0.322 e.